The number of halogens is 1. The molecule has 0 N–H and O–H groups in total. The third kappa shape index (κ3) is 3.16. The second-order valence-corrected chi connectivity index (χ2v) is 4.76. The zero-order valence-electron chi connectivity index (χ0n) is 9.46. The molecule has 1 unspecified atom stereocenters. The lowest BCUT2D eigenvalue weighted by Crippen LogP contribution is -2.10. The molecule has 3 nitrogen and oxygen atoms in total. The number of hydrogen-bond donors (Lipinski definition) is 0. The van der Waals surface area contributed by atoms with Gasteiger partial charge in [0.2, 0.25) is 0 Å². The molecule has 0 bridgehead atoms. The van der Waals surface area contributed by atoms with Gasteiger partial charge >= 0.3 is 0 Å². The molecule has 0 aliphatic heterocycles. The van der Waals surface area contributed by atoms with Gasteiger partial charge in [-0.05, 0) is 29.3 Å². The molecule has 1 atom stereocenters. The van der Waals surface area contributed by atoms with Gasteiger partial charge in [0.1, 0.15) is 5.78 Å². The van der Waals surface area contributed by atoms with Crippen LogP contribution in [0.25, 0.3) is 0 Å². The SMILES string of the molecule is CCCn1ncc(Br)c1C(C)CC(C)=O. The Morgan fingerprint density at radius 3 is 2.87 bits per heavy atom. The molecular formula is C11H17BrN2O. The Labute approximate surface area is 99.0 Å². The van der Waals surface area contributed by atoms with Crippen LogP contribution in [0.2, 0.25) is 0 Å². The predicted molar refractivity (Wildman–Crippen MR) is 63.9 cm³/mol. The van der Waals surface area contributed by atoms with Crippen LogP contribution < -0.4 is 0 Å². The van der Waals surface area contributed by atoms with Crippen LogP contribution in [0.15, 0.2) is 10.7 Å². The Hall–Kier alpha value is -0.640. The summed E-state index contributed by atoms with van der Waals surface area (Å²) in [5, 5.41) is 4.29. The second-order valence-electron chi connectivity index (χ2n) is 3.91. The molecule has 1 rings (SSSR count). The Balaban J connectivity index is 2.89. The van der Waals surface area contributed by atoms with Crippen molar-refractivity contribution in [2.45, 2.75) is 46.1 Å². The summed E-state index contributed by atoms with van der Waals surface area (Å²) in [4.78, 5) is 11.1. The van der Waals surface area contributed by atoms with E-state index < -0.39 is 0 Å². The number of Topliss-reactive ketones (excluding diaryl/α,β-unsaturated/α-hetero) is 1. The number of aryl methyl sites for hydroxylation is 1. The summed E-state index contributed by atoms with van der Waals surface area (Å²) in [6.07, 6.45) is 3.43. The fraction of sp³-hybridized carbons (Fsp3) is 0.636. The van der Waals surface area contributed by atoms with Crippen molar-refractivity contribution in [1.29, 1.82) is 0 Å². The van der Waals surface area contributed by atoms with Crippen LogP contribution in [0.5, 0.6) is 0 Å². The number of nitrogens with zero attached hydrogens (tertiary/aromatic N) is 2. The van der Waals surface area contributed by atoms with E-state index >= 15 is 0 Å². The van der Waals surface area contributed by atoms with Crippen LogP contribution in [-0.2, 0) is 11.3 Å². The molecular weight excluding hydrogens is 256 g/mol. The summed E-state index contributed by atoms with van der Waals surface area (Å²) in [5.41, 5.74) is 1.13. The van der Waals surface area contributed by atoms with Crippen LogP contribution in [0.3, 0.4) is 0 Å². The van der Waals surface area contributed by atoms with E-state index in [4.69, 9.17) is 0 Å². The van der Waals surface area contributed by atoms with Crippen LogP contribution in [0.1, 0.15) is 45.2 Å². The molecule has 0 fully saturated rings. The van der Waals surface area contributed by atoms with E-state index in [1.807, 2.05) is 10.9 Å². The summed E-state index contributed by atoms with van der Waals surface area (Å²) in [6, 6.07) is 0. The molecule has 1 aromatic heterocycles. The quantitative estimate of drug-likeness (QED) is 0.826. The van der Waals surface area contributed by atoms with Gasteiger partial charge in [0.05, 0.1) is 16.4 Å². The van der Waals surface area contributed by atoms with Gasteiger partial charge < -0.3 is 4.79 Å². The van der Waals surface area contributed by atoms with E-state index in [1.54, 1.807) is 6.92 Å². The molecule has 0 aromatic carbocycles. The van der Waals surface area contributed by atoms with Crippen LogP contribution >= 0.6 is 15.9 Å². The van der Waals surface area contributed by atoms with Crippen molar-refractivity contribution >= 4 is 21.7 Å². The highest BCUT2D eigenvalue weighted by Crippen LogP contribution is 2.27. The number of hydrogen-bond acceptors (Lipinski definition) is 2. The average Bonchev–Trinajstić information content (AvgIpc) is 2.46. The van der Waals surface area contributed by atoms with Gasteiger partial charge in [-0.25, -0.2) is 0 Å². The van der Waals surface area contributed by atoms with E-state index in [-0.39, 0.29) is 11.7 Å². The Bertz CT molecular complexity index is 346. The van der Waals surface area contributed by atoms with Gasteiger partial charge in [0.25, 0.3) is 0 Å². The highest BCUT2D eigenvalue weighted by Gasteiger charge is 2.16. The van der Waals surface area contributed by atoms with Crippen LogP contribution in [0.4, 0.5) is 0 Å². The first-order chi connectivity index (χ1) is 7.06. The minimum absolute atomic E-state index is 0.221. The predicted octanol–water partition coefficient (Wildman–Crippen LogP) is 3.14. The van der Waals surface area contributed by atoms with Gasteiger partial charge in [-0.2, -0.15) is 5.10 Å². The molecule has 4 heteroatoms. The first-order valence-corrected chi connectivity index (χ1v) is 6.06. The van der Waals surface area contributed by atoms with Gasteiger partial charge in [-0.1, -0.05) is 13.8 Å². The Morgan fingerprint density at radius 2 is 2.33 bits per heavy atom. The Kier molecular flexibility index (Phi) is 4.51. The first kappa shape index (κ1) is 12.4. The third-order valence-electron chi connectivity index (χ3n) is 2.33. The molecule has 0 aliphatic rings. The Morgan fingerprint density at radius 1 is 1.67 bits per heavy atom. The van der Waals surface area contributed by atoms with E-state index in [2.05, 4.69) is 34.9 Å². The van der Waals surface area contributed by atoms with Crippen LogP contribution in [0, 0.1) is 0 Å². The van der Waals surface area contributed by atoms with Gasteiger partial charge in [-0.15, -0.1) is 0 Å². The first-order valence-electron chi connectivity index (χ1n) is 5.26. The normalized spacial score (nSPS) is 12.8. The monoisotopic (exact) mass is 272 g/mol. The summed E-state index contributed by atoms with van der Waals surface area (Å²) < 4.78 is 2.99. The zero-order chi connectivity index (χ0) is 11.4. The average molecular weight is 273 g/mol. The lowest BCUT2D eigenvalue weighted by atomic mass is 10.0. The van der Waals surface area contributed by atoms with Crippen molar-refractivity contribution in [2.24, 2.45) is 0 Å². The molecule has 1 heterocycles. The van der Waals surface area contributed by atoms with Crippen molar-refractivity contribution < 1.29 is 4.79 Å². The maximum Gasteiger partial charge on any atom is 0.130 e. The molecule has 84 valence electrons. The fourth-order valence-corrected chi connectivity index (χ4v) is 2.47. The largest absolute Gasteiger partial charge is 0.300 e. The number of rotatable bonds is 5. The minimum atomic E-state index is 0.221. The smallest absolute Gasteiger partial charge is 0.130 e. The second kappa shape index (κ2) is 5.45. The fourth-order valence-electron chi connectivity index (χ4n) is 1.78. The van der Waals surface area contributed by atoms with Crippen molar-refractivity contribution in [3.63, 3.8) is 0 Å². The molecule has 1 aromatic rings. The minimum Gasteiger partial charge on any atom is -0.300 e. The molecule has 0 radical (unpaired) electrons. The maximum absolute atomic E-state index is 11.1. The summed E-state index contributed by atoms with van der Waals surface area (Å²) in [6.45, 7) is 6.72. The van der Waals surface area contributed by atoms with E-state index in [9.17, 15) is 4.79 Å². The van der Waals surface area contributed by atoms with Gasteiger partial charge in [0.15, 0.2) is 0 Å². The van der Waals surface area contributed by atoms with E-state index in [1.165, 1.54) is 0 Å². The molecule has 15 heavy (non-hydrogen) atoms. The zero-order valence-corrected chi connectivity index (χ0v) is 11.0. The number of ketones is 1. The number of carbonyl (C=O) groups is 1. The van der Waals surface area contributed by atoms with Crippen molar-refractivity contribution in [1.82, 2.24) is 9.78 Å². The van der Waals surface area contributed by atoms with Crippen molar-refractivity contribution in [2.75, 3.05) is 0 Å². The summed E-state index contributed by atoms with van der Waals surface area (Å²) in [7, 11) is 0. The molecule has 0 saturated carbocycles. The molecule has 0 spiro atoms. The summed E-state index contributed by atoms with van der Waals surface area (Å²) >= 11 is 3.48. The lowest BCUT2D eigenvalue weighted by Gasteiger charge is -2.13. The standard InChI is InChI=1S/C11H17BrN2O/c1-4-5-14-11(10(12)7-13-14)8(2)6-9(3)15/h7-8H,4-6H2,1-3H3. The van der Waals surface area contributed by atoms with Gasteiger partial charge in [-0.3, -0.25) is 4.68 Å². The van der Waals surface area contributed by atoms with Gasteiger partial charge in [0, 0.05) is 18.9 Å². The number of aromatic nitrogens is 2. The van der Waals surface area contributed by atoms with Crippen LogP contribution in [-0.4, -0.2) is 15.6 Å². The number of carbonyl (C=O) groups excluding carboxylic acids is 1. The van der Waals surface area contributed by atoms with E-state index in [0.29, 0.717) is 6.42 Å². The highest BCUT2D eigenvalue weighted by atomic mass is 79.9. The van der Waals surface area contributed by atoms with E-state index in [0.717, 1.165) is 23.1 Å². The molecule has 0 amide bonds. The topological polar surface area (TPSA) is 34.9 Å². The third-order valence-corrected chi connectivity index (χ3v) is 2.94. The maximum atomic E-state index is 11.1. The molecule has 0 saturated heterocycles. The molecule has 0 aliphatic carbocycles. The van der Waals surface area contributed by atoms with Crippen molar-refractivity contribution in [3.05, 3.63) is 16.4 Å². The highest BCUT2D eigenvalue weighted by molar-refractivity contribution is 9.10. The summed E-state index contributed by atoms with van der Waals surface area (Å²) in [5.74, 6) is 0.449. The lowest BCUT2D eigenvalue weighted by molar-refractivity contribution is -0.117. The van der Waals surface area contributed by atoms with Crippen molar-refractivity contribution in [3.8, 4) is 0 Å².